The Labute approximate surface area is 189 Å². The Morgan fingerprint density at radius 2 is 1.97 bits per heavy atom. The third-order valence-corrected chi connectivity index (χ3v) is 7.04. The highest BCUT2D eigenvalue weighted by Crippen LogP contribution is 2.37. The van der Waals surface area contributed by atoms with Crippen molar-refractivity contribution in [2.24, 2.45) is 4.99 Å². The van der Waals surface area contributed by atoms with Crippen molar-refractivity contribution in [2.75, 3.05) is 29.0 Å². The second kappa shape index (κ2) is 8.45. The number of piperidine rings is 1. The third-order valence-electron chi connectivity index (χ3n) is 7.04. The monoisotopic (exact) mass is 432 g/mol. The molecule has 7 nitrogen and oxygen atoms in total. The van der Waals surface area contributed by atoms with Crippen LogP contribution < -0.4 is 16.0 Å². The van der Waals surface area contributed by atoms with Crippen molar-refractivity contribution < 1.29 is 4.79 Å². The molecule has 2 aliphatic heterocycles. The average molecular weight is 433 g/mol. The summed E-state index contributed by atoms with van der Waals surface area (Å²) in [5, 5.41) is 10.4. The number of carbonyl (C=O) groups excluding carboxylic acids is 1. The lowest BCUT2D eigenvalue weighted by atomic mass is 9.84. The van der Waals surface area contributed by atoms with Crippen LogP contribution in [0.4, 0.5) is 22.0 Å². The second-order valence-electron chi connectivity index (χ2n) is 9.38. The Kier molecular flexibility index (Phi) is 5.49. The number of aliphatic imine (C=N–C) groups is 1. The molecule has 2 aromatic rings. The molecule has 168 valence electrons. The van der Waals surface area contributed by atoms with Crippen LogP contribution in [-0.4, -0.2) is 46.4 Å². The van der Waals surface area contributed by atoms with Crippen LogP contribution in [0.25, 0.3) is 0 Å². The van der Waals surface area contributed by atoms with Crippen molar-refractivity contribution in [3.05, 3.63) is 47.7 Å². The Bertz CT molecular complexity index is 1030. The molecule has 2 fully saturated rings. The van der Waals surface area contributed by atoms with Gasteiger partial charge in [-0.1, -0.05) is 30.5 Å². The molecule has 0 unspecified atom stereocenters. The van der Waals surface area contributed by atoms with Crippen LogP contribution in [0, 0.1) is 13.8 Å². The topological polar surface area (TPSA) is 81.7 Å². The fraction of sp³-hybridized carbons (Fsp3) is 0.480. The summed E-state index contributed by atoms with van der Waals surface area (Å²) in [5.74, 6) is 1.83. The highest BCUT2D eigenvalue weighted by molar-refractivity contribution is 6.09. The normalized spacial score (nSPS) is 21.2. The van der Waals surface area contributed by atoms with E-state index in [1.807, 2.05) is 30.0 Å². The molecule has 0 atom stereocenters. The van der Waals surface area contributed by atoms with Gasteiger partial charge in [0.15, 0.2) is 5.82 Å². The predicted octanol–water partition coefficient (Wildman–Crippen LogP) is 4.94. The molecule has 5 rings (SSSR count). The SMILES string of the molecule is Cc1ccc(NC(=O)N2CCC3(CC2)Nc2cccnc2NC3=NC2CCCC2)c(C)c1. The molecule has 0 radical (unpaired) electrons. The van der Waals surface area contributed by atoms with Gasteiger partial charge in [-0.2, -0.15) is 0 Å². The van der Waals surface area contributed by atoms with Gasteiger partial charge in [-0.05, 0) is 63.3 Å². The van der Waals surface area contributed by atoms with Crippen LogP contribution in [-0.2, 0) is 0 Å². The van der Waals surface area contributed by atoms with Gasteiger partial charge >= 0.3 is 6.03 Å². The molecule has 3 heterocycles. The number of amides is 2. The minimum Gasteiger partial charge on any atom is -0.370 e. The molecule has 1 aliphatic carbocycles. The number of hydrogen-bond donors (Lipinski definition) is 3. The smallest absolute Gasteiger partial charge is 0.321 e. The number of rotatable bonds is 2. The molecule has 7 heteroatoms. The molecule has 3 aliphatic rings. The van der Waals surface area contributed by atoms with Crippen LogP contribution in [0.3, 0.4) is 0 Å². The van der Waals surface area contributed by atoms with Crippen molar-refractivity contribution in [1.29, 1.82) is 0 Å². The molecule has 2 amide bonds. The van der Waals surface area contributed by atoms with Crippen molar-refractivity contribution in [3.8, 4) is 0 Å². The zero-order valence-corrected chi connectivity index (χ0v) is 18.9. The first-order valence-electron chi connectivity index (χ1n) is 11.7. The first kappa shape index (κ1) is 20.8. The van der Waals surface area contributed by atoms with Gasteiger partial charge in [-0.25, -0.2) is 9.78 Å². The first-order chi connectivity index (χ1) is 15.5. The largest absolute Gasteiger partial charge is 0.370 e. The Hall–Kier alpha value is -3.09. The minimum atomic E-state index is -0.283. The number of aromatic nitrogens is 1. The van der Waals surface area contributed by atoms with Gasteiger partial charge in [0.25, 0.3) is 0 Å². The Morgan fingerprint density at radius 3 is 2.72 bits per heavy atom. The summed E-state index contributed by atoms with van der Waals surface area (Å²) in [7, 11) is 0. The number of nitrogens with zero attached hydrogens (tertiary/aromatic N) is 3. The second-order valence-corrected chi connectivity index (χ2v) is 9.38. The number of likely N-dealkylation sites (tertiary alicyclic amines) is 1. The summed E-state index contributed by atoms with van der Waals surface area (Å²) in [5.41, 5.74) is 3.88. The molecule has 1 aromatic carbocycles. The summed E-state index contributed by atoms with van der Waals surface area (Å²) in [6.07, 6.45) is 8.23. The molecule has 1 saturated heterocycles. The molecule has 1 saturated carbocycles. The van der Waals surface area contributed by atoms with Crippen LogP contribution in [0.15, 0.2) is 41.5 Å². The van der Waals surface area contributed by atoms with Crippen LogP contribution in [0.1, 0.15) is 49.7 Å². The molecular weight excluding hydrogens is 400 g/mol. The van der Waals surface area contributed by atoms with E-state index < -0.39 is 0 Å². The molecule has 1 aromatic heterocycles. The fourth-order valence-electron chi connectivity index (χ4n) is 5.13. The van der Waals surface area contributed by atoms with E-state index in [0.717, 1.165) is 54.3 Å². The maximum Gasteiger partial charge on any atom is 0.321 e. The van der Waals surface area contributed by atoms with Crippen molar-refractivity contribution >= 4 is 29.1 Å². The average Bonchev–Trinajstić information content (AvgIpc) is 3.30. The number of hydrogen-bond acceptors (Lipinski definition) is 4. The van der Waals surface area contributed by atoms with Crippen LogP contribution >= 0.6 is 0 Å². The van der Waals surface area contributed by atoms with E-state index in [9.17, 15) is 4.79 Å². The van der Waals surface area contributed by atoms with Gasteiger partial charge < -0.3 is 20.9 Å². The van der Waals surface area contributed by atoms with Gasteiger partial charge in [0.05, 0.1) is 17.3 Å². The zero-order chi connectivity index (χ0) is 22.1. The van der Waals surface area contributed by atoms with E-state index in [0.29, 0.717) is 19.1 Å². The van der Waals surface area contributed by atoms with E-state index in [2.05, 4.69) is 40.0 Å². The lowest BCUT2D eigenvalue weighted by Gasteiger charge is -2.46. The number of nitrogens with one attached hydrogen (secondary N) is 3. The van der Waals surface area contributed by atoms with E-state index >= 15 is 0 Å². The molecule has 1 spiro atoms. The summed E-state index contributed by atoms with van der Waals surface area (Å²) in [6.45, 7) is 5.43. The van der Waals surface area contributed by atoms with Gasteiger partial charge in [-0.15, -0.1) is 0 Å². The number of benzene rings is 1. The zero-order valence-electron chi connectivity index (χ0n) is 18.9. The van der Waals surface area contributed by atoms with Gasteiger partial charge in [0, 0.05) is 25.0 Å². The highest BCUT2D eigenvalue weighted by atomic mass is 16.2. The van der Waals surface area contributed by atoms with E-state index in [1.54, 1.807) is 6.20 Å². The molecule has 32 heavy (non-hydrogen) atoms. The van der Waals surface area contributed by atoms with Crippen LogP contribution in [0.2, 0.25) is 0 Å². The fourth-order valence-corrected chi connectivity index (χ4v) is 5.13. The number of urea groups is 1. The lowest BCUT2D eigenvalue weighted by Crippen LogP contribution is -2.59. The summed E-state index contributed by atoms with van der Waals surface area (Å²) < 4.78 is 0. The number of amidine groups is 1. The standard InChI is InChI=1S/C25H32N6O/c1-17-9-10-20(18(2)16-17)28-24(32)31-14-11-25(12-15-31)23(27-19-6-3-4-7-19)29-22-21(30-25)8-5-13-26-22/h5,8-10,13,16,19,30H,3-4,6-7,11-12,14-15H2,1-2H3,(H,28,32)(H,26,27,29). The van der Waals surface area contributed by atoms with Crippen molar-refractivity contribution in [3.63, 3.8) is 0 Å². The van der Waals surface area contributed by atoms with E-state index in [4.69, 9.17) is 4.99 Å². The van der Waals surface area contributed by atoms with Crippen molar-refractivity contribution in [2.45, 2.75) is 64.0 Å². The number of pyridine rings is 1. The summed E-state index contributed by atoms with van der Waals surface area (Å²) >= 11 is 0. The Morgan fingerprint density at radius 1 is 1.19 bits per heavy atom. The van der Waals surface area contributed by atoms with E-state index in [-0.39, 0.29) is 11.6 Å². The predicted molar refractivity (Wildman–Crippen MR) is 130 cm³/mol. The molecule has 0 bridgehead atoms. The minimum absolute atomic E-state index is 0.0353. The third kappa shape index (κ3) is 4.04. The number of fused-ring (bicyclic) bond motifs is 1. The molecular formula is C25H32N6O. The summed E-state index contributed by atoms with van der Waals surface area (Å²) in [4.78, 5) is 24.5. The van der Waals surface area contributed by atoms with Crippen LogP contribution in [0.5, 0.6) is 0 Å². The number of anilines is 3. The molecule has 3 N–H and O–H groups in total. The summed E-state index contributed by atoms with van der Waals surface area (Å²) in [6, 6.07) is 10.5. The number of aryl methyl sites for hydroxylation is 2. The first-order valence-corrected chi connectivity index (χ1v) is 11.7. The van der Waals surface area contributed by atoms with Gasteiger partial charge in [0.2, 0.25) is 0 Å². The maximum absolute atomic E-state index is 13.0. The highest BCUT2D eigenvalue weighted by Gasteiger charge is 2.44. The quantitative estimate of drug-likeness (QED) is 0.628. The Balaban J connectivity index is 1.33. The van der Waals surface area contributed by atoms with Gasteiger partial charge in [0.1, 0.15) is 5.84 Å². The van der Waals surface area contributed by atoms with Gasteiger partial charge in [-0.3, -0.25) is 4.99 Å². The number of carbonyl (C=O) groups is 1. The van der Waals surface area contributed by atoms with Crippen molar-refractivity contribution in [1.82, 2.24) is 9.88 Å². The lowest BCUT2D eigenvalue weighted by molar-refractivity contribution is 0.190. The maximum atomic E-state index is 13.0. The van der Waals surface area contributed by atoms with E-state index in [1.165, 1.54) is 18.4 Å².